The Kier molecular flexibility index (Phi) is 5.55. The van der Waals surface area contributed by atoms with Gasteiger partial charge in [-0.2, -0.15) is 5.10 Å². The van der Waals surface area contributed by atoms with E-state index in [1.54, 1.807) is 45.5 Å². The Labute approximate surface area is 181 Å². The van der Waals surface area contributed by atoms with Crippen molar-refractivity contribution in [3.63, 3.8) is 0 Å². The fourth-order valence-electron chi connectivity index (χ4n) is 3.23. The van der Waals surface area contributed by atoms with Crippen molar-refractivity contribution in [1.82, 2.24) is 29.2 Å². The quantitative estimate of drug-likeness (QED) is 0.581. The summed E-state index contributed by atoms with van der Waals surface area (Å²) in [5.41, 5.74) is 1.33. The van der Waals surface area contributed by atoms with Crippen LogP contribution in [0.15, 0.2) is 37.1 Å². The summed E-state index contributed by atoms with van der Waals surface area (Å²) in [5.74, 6) is -0.732. The number of halogens is 1. The van der Waals surface area contributed by atoms with E-state index in [9.17, 15) is 14.0 Å². The van der Waals surface area contributed by atoms with E-state index in [1.807, 2.05) is 0 Å². The lowest BCUT2D eigenvalue weighted by molar-refractivity contribution is -0.119. The predicted molar refractivity (Wildman–Crippen MR) is 111 cm³/mol. The third kappa shape index (κ3) is 4.33. The molecule has 0 radical (unpaired) electrons. The molecule has 10 nitrogen and oxygen atoms in total. The summed E-state index contributed by atoms with van der Waals surface area (Å²) in [6.07, 6.45) is 3.74. The normalized spacial score (nSPS) is 15.9. The summed E-state index contributed by atoms with van der Waals surface area (Å²) in [6.45, 7) is 2.17. The summed E-state index contributed by atoms with van der Waals surface area (Å²) in [7, 11) is 1.81. The summed E-state index contributed by atoms with van der Waals surface area (Å²) in [5, 5.41) is 6.79. The minimum atomic E-state index is -0.584. The van der Waals surface area contributed by atoms with Gasteiger partial charge in [0.15, 0.2) is 4.77 Å². The molecule has 1 atom stereocenters. The maximum atomic E-state index is 14.8. The molecule has 1 aliphatic heterocycles. The number of ether oxygens (including phenoxy) is 1. The molecule has 0 aliphatic carbocycles. The van der Waals surface area contributed by atoms with Gasteiger partial charge in [0.25, 0.3) is 0 Å². The van der Waals surface area contributed by atoms with E-state index >= 15 is 0 Å². The highest BCUT2D eigenvalue weighted by Crippen LogP contribution is 2.25. The van der Waals surface area contributed by atoms with Crippen LogP contribution >= 0.6 is 12.2 Å². The Hall–Kier alpha value is -3.54. The first-order valence-electron chi connectivity index (χ1n) is 9.45. The van der Waals surface area contributed by atoms with Crippen LogP contribution in [0.5, 0.6) is 0 Å². The number of anilines is 1. The molecule has 1 fully saturated rings. The van der Waals surface area contributed by atoms with Crippen LogP contribution in [0.25, 0.3) is 5.69 Å². The monoisotopic (exact) mass is 445 g/mol. The lowest BCUT2D eigenvalue weighted by Crippen LogP contribution is -2.33. The number of cyclic esters (lactones) is 1. The van der Waals surface area contributed by atoms with E-state index < -0.39 is 18.0 Å². The minimum absolute atomic E-state index is 0.205. The van der Waals surface area contributed by atoms with Gasteiger partial charge in [0.05, 0.1) is 43.0 Å². The van der Waals surface area contributed by atoms with Gasteiger partial charge in [-0.1, -0.05) is 0 Å². The topological polar surface area (TPSA) is 99.2 Å². The van der Waals surface area contributed by atoms with E-state index in [0.29, 0.717) is 22.7 Å². The molecule has 1 saturated heterocycles. The lowest BCUT2D eigenvalue weighted by atomic mass is 10.2. The van der Waals surface area contributed by atoms with Gasteiger partial charge in [0, 0.05) is 20.2 Å². The average Bonchev–Trinajstić information content (AvgIpc) is 3.42. The number of carbonyl (C=O) groups excluding carboxylic acids is 2. The second kappa shape index (κ2) is 8.30. The third-order valence-electron chi connectivity index (χ3n) is 4.81. The molecule has 12 heteroatoms. The zero-order valence-electron chi connectivity index (χ0n) is 16.9. The first kappa shape index (κ1) is 20.7. The van der Waals surface area contributed by atoms with Gasteiger partial charge < -0.3 is 19.2 Å². The molecule has 31 heavy (non-hydrogen) atoms. The predicted octanol–water partition coefficient (Wildman–Crippen LogP) is 1.79. The van der Waals surface area contributed by atoms with Crippen molar-refractivity contribution in [3.05, 3.63) is 53.3 Å². The van der Waals surface area contributed by atoms with Gasteiger partial charge >= 0.3 is 6.09 Å². The molecule has 1 N–H and O–H groups in total. The molecule has 3 heterocycles. The van der Waals surface area contributed by atoms with Crippen LogP contribution in [0.4, 0.5) is 14.9 Å². The number of aromatic nitrogens is 5. The first-order chi connectivity index (χ1) is 14.8. The van der Waals surface area contributed by atoms with Gasteiger partial charge in [0.1, 0.15) is 18.2 Å². The Morgan fingerprint density at radius 1 is 1.39 bits per heavy atom. The number of hydrogen-bond donors (Lipinski definition) is 1. The summed E-state index contributed by atoms with van der Waals surface area (Å²) < 4.78 is 25.5. The zero-order chi connectivity index (χ0) is 22.1. The zero-order valence-corrected chi connectivity index (χ0v) is 17.7. The Bertz CT molecular complexity index is 1200. The standard InChI is InChI=1S/C19H20FN7O3S/c1-12(28)21-6-15-9-26(19(29)30-15)14-3-4-17(16(20)5-14)25-7-13(22-10-25)8-27-18(31)24(2)11-23-27/h3-5,7,10-11,15H,6,8-9H2,1-2H3,(H,21,28). The van der Waals surface area contributed by atoms with E-state index in [1.165, 1.54) is 24.2 Å². The number of amides is 2. The molecule has 0 spiro atoms. The number of nitrogens with one attached hydrogen (secondary N) is 1. The van der Waals surface area contributed by atoms with Gasteiger partial charge in [-0.25, -0.2) is 18.9 Å². The second-order valence-electron chi connectivity index (χ2n) is 7.14. The van der Waals surface area contributed by atoms with Crippen molar-refractivity contribution in [2.24, 2.45) is 7.05 Å². The maximum absolute atomic E-state index is 14.8. The van der Waals surface area contributed by atoms with Crippen molar-refractivity contribution in [2.75, 3.05) is 18.0 Å². The smallest absolute Gasteiger partial charge is 0.414 e. The molecule has 1 aliphatic rings. The van der Waals surface area contributed by atoms with Crippen molar-refractivity contribution in [1.29, 1.82) is 0 Å². The molecule has 0 saturated carbocycles. The molecule has 0 bridgehead atoms. The number of hydrogen-bond acceptors (Lipinski definition) is 6. The molecule has 162 valence electrons. The second-order valence-corrected chi connectivity index (χ2v) is 7.51. The van der Waals surface area contributed by atoms with Crippen molar-refractivity contribution >= 4 is 29.9 Å². The number of benzene rings is 1. The lowest BCUT2D eigenvalue weighted by Gasteiger charge is -2.14. The third-order valence-corrected chi connectivity index (χ3v) is 5.31. The molecule has 1 aromatic carbocycles. The van der Waals surface area contributed by atoms with E-state index in [0.717, 1.165) is 0 Å². The highest BCUT2D eigenvalue weighted by atomic mass is 32.1. The van der Waals surface area contributed by atoms with Gasteiger partial charge in [-0.05, 0) is 30.4 Å². The van der Waals surface area contributed by atoms with Crippen LogP contribution < -0.4 is 10.2 Å². The summed E-state index contributed by atoms with van der Waals surface area (Å²) in [6, 6.07) is 4.47. The highest BCUT2D eigenvalue weighted by Gasteiger charge is 2.32. The Balaban J connectivity index is 1.49. The SMILES string of the molecule is CC(=O)NCC1CN(c2ccc(-n3cnc(Cn4ncn(C)c4=S)c3)c(F)c2)C(=O)O1. The minimum Gasteiger partial charge on any atom is -0.442 e. The molecule has 2 aromatic heterocycles. The largest absolute Gasteiger partial charge is 0.442 e. The number of nitrogens with zero attached hydrogens (tertiary/aromatic N) is 6. The van der Waals surface area contributed by atoms with Gasteiger partial charge in [-0.3, -0.25) is 9.69 Å². The highest BCUT2D eigenvalue weighted by molar-refractivity contribution is 7.71. The van der Waals surface area contributed by atoms with Crippen LogP contribution in [0.1, 0.15) is 12.6 Å². The van der Waals surface area contributed by atoms with Gasteiger partial charge in [-0.15, -0.1) is 0 Å². The molecule has 3 aromatic rings. The number of aryl methyl sites for hydroxylation is 1. The summed E-state index contributed by atoms with van der Waals surface area (Å²) in [4.78, 5) is 28.8. The Morgan fingerprint density at radius 2 is 2.19 bits per heavy atom. The molecular formula is C19H20FN7O3S. The van der Waals surface area contributed by atoms with Crippen LogP contribution in [0.2, 0.25) is 0 Å². The van der Waals surface area contributed by atoms with Crippen LogP contribution in [0.3, 0.4) is 0 Å². The van der Waals surface area contributed by atoms with E-state index in [-0.39, 0.29) is 24.7 Å². The molecule has 4 rings (SSSR count). The van der Waals surface area contributed by atoms with Crippen LogP contribution in [0, 0.1) is 10.6 Å². The summed E-state index contributed by atoms with van der Waals surface area (Å²) >= 11 is 5.27. The van der Waals surface area contributed by atoms with E-state index in [4.69, 9.17) is 17.0 Å². The van der Waals surface area contributed by atoms with Crippen molar-refractivity contribution < 1.29 is 18.7 Å². The average molecular weight is 445 g/mol. The van der Waals surface area contributed by atoms with Crippen LogP contribution in [-0.4, -0.2) is 55.1 Å². The fraction of sp³-hybridized carbons (Fsp3) is 0.316. The van der Waals surface area contributed by atoms with E-state index in [2.05, 4.69) is 15.4 Å². The van der Waals surface area contributed by atoms with Gasteiger partial charge in [0.2, 0.25) is 5.91 Å². The van der Waals surface area contributed by atoms with Crippen LogP contribution in [-0.2, 0) is 23.1 Å². The maximum Gasteiger partial charge on any atom is 0.414 e. The number of imidazole rings is 1. The fourth-order valence-corrected chi connectivity index (χ4v) is 3.39. The molecule has 2 amide bonds. The first-order valence-corrected chi connectivity index (χ1v) is 9.86. The molecule has 1 unspecified atom stereocenters. The van der Waals surface area contributed by atoms with Crippen molar-refractivity contribution in [2.45, 2.75) is 19.6 Å². The Morgan fingerprint density at radius 3 is 2.87 bits per heavy atom. The number of rotatable bonds is 6. The molecular weight excluding hydrogens is 425 g/mol. The number of carbonyl (C=O) groups is 2. The van der Waals surface area contributed by atoms with Crippen molar-refractivity contribution in [3.8, 4) is 5.69 Å².